The van der Waals surface area contributed by atoms with Gasteiger partial charge in [-0.2, -0.15) is 0 Å². The number of hydrogen-bond acceptors (Lipinski definition) is 7. The van der Waals surface area contributed by atoms with Crippen LogP contribution >= 0.6 is 0 Å². The summed E-state index contributed by atoms with van der Waals surface area (Å²) in [6, 6.07) is 14.1. The molecule has 0 aliphatic rings. The van der Waals surface area contributed by atoms with Crippen molar-refractivity contribution in [3.63, 3.8) is 0 Å². The Labute approximate surface area is 180 Å². The van der Waals surface area contributed by atoms with Gasteiger partial charge in [-0.3, -0.25) is 4.79 Å². The molecule has 164 valence electrons. The highest BCUT2D eigenvalue weighted by Gasteiger charge is 2.32. The second kappa shape index (κ2) is 9.57. The van der Waals surface area contributed by atoms with Gasteiger partial charge < -0.3 is 23.9 Å². The van der Waals surface area contributed by atoms with Gasteiger partial charge in [0.15, 0.2) is 21.3 Å². The molecule has 1 aromatic heterocycles. The van der Waals surface area contributed by atoms with Crippen LogP contribution in [0.1, 0.15) is 21.4 Å². The van der Waals surface area contributed by atoms with Crippen molar-refractivity contribution >= 4 is 15.7 Å². The van der Waals surface area contributed by atoms with Crippen molar-refractivity contribution in [2.45, 2.75) is 10.1 Å². The number of carbonyl (C=O) groups excluding carboxylic acids is 1. The van der Waals surface area contributed by atoms with Crippen molar-refractivity contribution in [1.29, 1.82) is 0 Å². The molecule has 0 unspecified atom stereocenters. The van der Waals surface area contributed by atoms with Gasteiger partial charge in [-0.25, -0.2) is 8.42 Å². The molecule has 0 aliphatic heterocycles. The number of hydrogen-bond donors (Lipinski definition) is 1. The van der Waals surface area contributed by atoms with Gasteiger partial charge in [-0.15, -0.1) is 0 Å². The number of ether oxygens (including phenoxy) is 3. The molecule has 0 aliphatic carbocycles. The molecular formula is C22H23NO7S. The molecule has 0 saturated heterocycles. The fraction of sp³-hybridized carbons (Fsp3) is 0.227. The van der Waals surface area contributed by atoms with E-state index >= 15 is 0 Å². The lowest BCUT2D eigenvalue weighted by Gasteiger charge is -2.18. The van der Waals surface area contributed by atoms with E-state index in [1.54, 1.807) is 42.5 Å². The van der Waals surface area contributed by atoms with Crippen LogP contribution in [0.25, 0.3) is 0 Å². The maximum atomic E-state index is 13.3. The lowest BCUT2D eigenvalue weighted by molar-refractivity contribution is 0.0949. The SMILES string of the molecule is COc1ccc(S(=O)(=O)[C@H](CNC(=O)c2cccc(OC)c2OC)c2ccco2)cc1. The third-order valence-corrected chi connectivity index (χ3v) is 6.80. The minimum atomic E-state index is -3.88. The third-order valence-electron chi connectivity index (χ3n) is 4.72. The van der Waals surface area contributed by atoms with Crippen molar-refractivity contribution in [1.82, 2.24) is 5.32 Å². The molecule has 1 N–H and O–H groups in total. The van der Waals surface area contributed by atoms with E-state index in [1.807, 2.05) is 0 Å². The van der Waals surface area contributed by atoms with E-state index in [2.05, 4.69) is 5.32 Å². The van der Waals surface area contributed by atoms with Gasteiger partial charge in [0.1, 0.15) is 16.8 Å². The lowest BCUT2D eigenvalue weighted by atomic mass is 10.1. The standard InChI is InChI=1S/C22H23NO7S/c1-27-15-9-11-16(12-10-15)31(25,26)20(18-8-5-13-30-18)14-23-22(24)17-6-4-7-19(28-2)21(17)29-3/h4-13,20H,14H2,1-3H3,(H,23,24)/t20-/m1/s1. The normalized spacial score (nSPS) is 12.1. The Morgan fingerprint density at radius 2 is 1.71 bits per heavy atom. The number of amides is 1. The average molecular weight is 445 g/mol. The van der Waals surface area contributed by atoms with Gasteiger partial charge >= 0.3 is 0 Å². The van der Waals surface area contributed by atoms with Gasteiger partial charge in [0, 0.05) is 6.54 Å². The largest absolute Gasteiger partial charge is 0.497 e. The molecule has 0 spiro atoms. The third kappa shape index (κ3) is 4.66. The number of nitrogens with one attached hydrogen (secondary N) is 1. The summed E-state index contributed by atoms with van der Waals surface area (Å²) >= 11 is 0. The van der Waals surface area contributed by atoms with Crippen LogP contribution in [0.4, 0.5) is 0 Å². The van der Waals surface area contributed by atoms with Crippen LogP contribution in [0.15, 0.2) is 70.2 Å². The molecule has 8 nitrogen and oxygen atoms in total. The summed E-state index contributed by atoms with van der Waals surface area (Å²) < 4.78 is 47.6. The summed E-state index contributed by atoms with van der Waals surface area (Å²) in [7, 11) is 0.513. The van der Waals surface area contributed by atoms with Crippen LogP contribution in [0, 0.1) is 0 Å². The first-order valence-corrected chi connectivity index (χ1v) is 10.9. The molecular weight excluding hydrogens is 422 g/mol. The van der Waals surface area contributed by atoms with Gasteiger partial charge in [0.05, 0.1) is 38.1 Å². The number of furan rings is 1. The Morgan fingerprint density at radius 3 is 2.29 bits per heavy atom. The number of rotatable bonds is 9. The minimum absolute atomic E-state index is 0.0860. The van der Waals surface area contributed by atoms with E-state index in [0.29, 0.717) is 11.5 Å². The molecule has 2 aromatic carbocycles. The lowest BCUT2D eigenvalue weighted by Crippen LogP contribution is -2.32. The first-order valence-electron chi connectivity index (χ1n) is 9.33. The summed E-state index contributed by atoms with van der Waals surface area (Å²) in [5.74, 6) is 0.900. The summed E-state index contributed by atoms with van der Waals surface area (Å²) in [5.41, 5.74) is 0.224. The molecule has 1 heterocycles. The zero-order valence-corrected chi connectivity index (χ0v) is 18.1. The number of sulfone groups is 1. The quantitative estimate of drug-likeness (QED) is 0.539. The minimum Gasteiger partial charge on any atom is -0.497 e. The van der Waals surface area contributed by atoms with E-state index < -0.39 is 21.0 Å². The second-order valence-electron chi connectivity index (χ2n) is 6.48. The van der Waals surface area contributed by atoms with Crippen LogP contribution < -0.4 is 19.5 Å². The van der Waals surface area contributed by atoms with Crippen molar-refractivity contribution < 1.29 is 31.8 Å². The van der Waals surface area contributed by atoms with Crippen LogP contribution in [-0.4, -0.2) is 42.2 Å². The summed E-state index contributed by atoms with van der Waals surface area (Å²) in [6.07, 6.45) is 1.39. The fourth-order valence-electron chi connectivity index (χ4n) is 3.11. The van der Waals surface area contributed by atoms with Gasteiger partial charge in [-0.05, 0) is 48.5 Å². The van der Waals surface area contributed by atoms with Crippen LogP contribution in [-0.2, 0) is 9.84 Å². The van der Waals surface area contributed by atoms with Crippen molar-refractivity contribution in [3.05, 3.63) is 72.2 Å². The van der Waals surface area contributed by atoms with E-state index in [1.165, 1.54) is 39.7 Å². The molecule has 0 fully saturated rings. The fourth-order valence-corrected chi connectivity index (χ4v) is 4.70. The predicted octanol–water partition coefficient (Wildman–Crippen LogP) is 3.25. The number of carbonyl (C=O) groups is 1. The van der Waals surface area contributed by atoms with Gasteiger partial charge in [-0.1, -0.05) is 6.07 Å². The van der Waals surface area contributed by atoms with E-state index in [-0.39, 0.29) is 28.5 Å². The highest BCUT2D eigenvalue weighted by molar-refractivity contribution is 7.91. The van der Waals surface area contributed by atoms with E-state index in [9.17, 15) is 13.2 Å². The van der Waals surface area contributed by atoms with Gasteiger partial charge in [0.2, 0.25) is 0 Å². The van der Waals surface area contributed by atoms with E-state index in [4.69, 9.17) is 18.6 Å². The number of para-hydroxylation sites is 1. The van der Waals surface area contributed by atoms with Crippen LogP contribution in [0.5, 0.6) is 17.2 Å². The topological polar surface area (TPSA) is 104 Å². The van der Waals surface area contributed by atoms with E-state index in [0.717, 1.165) is 0 Å². The van der Waals surface area contributed by atoms with Gasteiger partial charge in [0.25, 0.3) is 5.91 Å². The molecule has 3 aromatic rings. The first kappa shape index (κ1) is 22.2. The Balaban J connectivity index is 1.89. The summed E-state index contributed by atoms with van der Waals surface area (Å²) in [5, 5.41) is 1.55. The summed E-state index contributed by atoms with van der Waals surface area (Å²) in [4.78, 5) is 12.9. The van der Waals surface area contributed by atoms with Crippen LogP contribution in [0.2, 0.25) is 0 Å². The molecule has 0 saturated carbocycles. The predicted molar refractivity (Wildman–Crippen MR) is 114 cm³/mol. The Bertz CT molecular complexity index is 1120. The highest BCUT2D eigenvalue weighted by atomic mass is 32.2. The zero-order valence-electron chi connectivity index (χ0n) is 17.3. The maximum Gasteiger partial charge on any atom is 0.255 e. The van der Waals surface area contributed by atoms with Crippen molar-refractivity contribution in [2.75, 3.05) is 27.9 Å². The maximum absolute atomic E-state index is 13.3. The Kier molecular flexibility index (Phi) is 6.86. The molecule has 1 amide bonds. The smallest absolute Gasteiger partial charge is 0.255 e. The molecule has 0 bridgehead atoms. The first-order chi connectivity index (χ1) is 14.9. The number of benzene rings is 2. The van der Waals surface area contributed by atoms with Crippen molar-refractivity contribution in [3.8, 4) is 17.2 Å². The molecule has 31 heavy (non-hydrogen) atoms. The Morgan fingerprint density at radius 1 is 0.968 bits per heavy atom. The second-order valence-corrected chi connectivity index (χ2v) is 8.61. The highest BCUT2D eigenvalue weighted by Crippen LogP contribution is 2.32. The van der Waals surface area contributed by atoms with Crippen molar-refractivity contribution in [2.24, 2.45) is 0 Å². The summed E-state index contributed by atoms with van der Waals surface area (Å²) in [6.45, 7) is -0.207. The zero-order chi connectivity index (χ0) is 22.4. The molecule has 0 radical (unpaired) electrons. The monoisotopic (exact) mass is 445 g/mol. The van der Waals surface area contributed by atoms with Crippen LogP contribution in [0.3, 0.4) is 0 Å². The number of methoxy groups -OCH3 is 3. The average Bonchev–Trinajstić information content (AvgIpc) is 3.32. The molecule has 9 heteroatoms. The molecule has 1 atom stereocenters. The molecule has 3 rings (SSSR count). The Hall–Kier alpha value is -3.46.